The number of hydrogen-bond acceptors (Lipinski definition) is 6. The van der Waals surface area contributed by atoms with Crippen LogP contribution in [0.2, 0.25) is 0 Å². The van der Waals surface area contributed by atoms with Gasteiger partial charge in [0.05, 0.1) is 12.3 Å². The fourth-order valence-electron chi connectivity index (χ4n) is 3.13. The Labute approximate surface area is 183 Å². The Kier molecular flexibility index (Phi) is 7.35. The second-order valence-electron chi connectivity index (χ2n) is 7.07. The molecule has 9 nitrogen and oxygen atoms in total. The Balaban J connectivity index is 1.95. The van der Waals surface area contributed by atoms with E-state index in [1.54, 1.807) is 12.4 Å². The van der Waals surface area contributed by atoms with Crippen LogP contribution in [0.1, 0.15) is 25.3 Å². The molecule has 0 aliphatic carbocycles. The van der Waals surface area contributed by atoms with Crippen LogP contribution in [-0.2, 0) is 18.4 Å². The van der Waals surface area contributed by atoms with E-state index in [2.05, 4.69) is 9.97 Å². The Bertz CT molecular complexity index is 1150. The van der Waals surface area contributed by atoms with Crippen molar-refractivity contribution >= 4 is 29.2 Å². The van der Waals surface area contributed by atoms with Crippen molar-refractivity contribution in [2.24, 2.45) is 7.05 Å². The van der Waals surface area contributed by atoms with Gasteiger partial charge in [0, 0.05) is 26.0 Å². The lowest BCUT2D eigenvalue weighted by atomic mass is 10.2. The molecular weight excluding hydrogens is 416 g/mol. The molecule has 1 aromatic carbocycles. The average molecular weight is 443 g/mol. The van der Waals surface area contributed by atoms with Crippen molar-refractivity contribution in [2.75, 3.05) is 22.9 Å². The number of amides is 1. The molecule has 0 saturated carbocycles. The molecule has 0 aliphatic heterocycles. The molecule has 0 radical (unpaired) electrons. The van der Waals surface area contributed by atoms with Crippen LogP contribution in [0.4, 0.5) is 11.5 Å². The third kappa shape index (κ3) is 5.26. The van der Waals surface area contributed by atoms with Crippen molar-refractivity contribution in [1.82, 2.24) is 19.1 Å². The van der Waals surface area contributed by atoms with E-state index in [0.717, 1.165) is 12.0 Å². The highest BCUT2D eigenvalue weighted by atomic mass is 32.2. The van der Waals surface area contributed by atoms with Crippen LogP contribution in [0.3, 0.4) is 0 Å². The fourth-order valence-corrected chi connectivity index (χ4v) is 3.94. The van der Waals surface area contributed by atoms with Crippen LogP contribution in [0.15, 0.2) is 57.5 Å². The molecule has 2 heterocycles. The first-order valence-corrected chi connectivity index (χ1v) is 11.0. The highest BCUT2D eigenvalue weighted by Crippen LogP contribution is 2.21. The maximum atomic E-state index is 13.1. The number of aryl methyl sites for hydroxylation is 1. The Morgan fingerprint density at radius 2 is 2.00 bits per heavy atom. The van der Waals surface area contributed by atoms with Crippen molar-refractivity contribution in [2.45, 2.75) is 31.5 Å². The first-order valence-electron chi connectivity index (χ1n) is 9.99. The molecule has 0 atom stereocenters. The summed E-state index contributed by atoms with van der Waals surface area (Å²) in [7, 11) is 1.84. The monoisotopic (exact) mass is 442 g/mol. The zero-order valence-corrected chi connectivity index (χ0v) is 18.4. The standard InChI is InChI=1S/C21H26N6O3S/c1-3-4-11-26(16(28)14-31-21-23-10-12-25(21)2)17-18(22)27(20(30)24-19(17)29)13-15-8-6-5-7-9-15/h5-10,12H,3-4,11,13-14,22H2,1-2H3,(H,24,29,30). The van der Waals surface area contributed by atoms with Crippen molar-refractivity contribution < 1.29 is 4.79 Å². The van der Waals surface area contributed by atoms with E-state index in [-0.39, 0.29) is 29.7 Å². The molecular formula is C21H26N6O3S. The number of carbonyl (C=O) groups excluding carboxylic acids is 1. The number of imidazole rings is 1. The Morgan fingerprint density at radius 3 is 2.65 bits per heavy atom. The molecule has 0 unspecified atom stereocenters. The van der Waals surface area contributed by atoms with Crippen LogP contribution in [0.5, 0.6) is 0 Å². The van der Waals surface area contributed by atoms with Crippen molar-refractivity contribution in [1.29, 1.82) is 0 Å². The van der Waals surface area contributed by atoms with E-state index in [1.165, 1.54) is 21.2 Å². The number of hydrogen-bond donors (Lipinski definition) is 2. The summed E-state index contributed by atoms with van der Waals surface area (Å²) in [4.78, 5) is 46.1. The Hall–Kier alpha value is -3.27. The average Bonchev–Trinajstić information content (AvgIpc) is 3.17. The molecule has 0 aliphatic rings. The molecule has 1 amide bonds. The van der Waals surface area contributed by atoms with E-state index in [0.29, 0.717) is 18.1 Å². The minimum atomic E-state index is -0.668. The van der Waals surface area contributed by atoms with Gasteiger partial charge < -0.3 is 15.2 Å². The number of benzene rings is 1. The van der Waals surface area contributed by atoms with Crippen LogP contribution >= 0.6 is 11.8 Å². The molecule has 0 fully saturated rings. The van der Waals surface area contributed by atoms with E-state index in [1.807, 2.05) is 48.9 Å². The number of carbonyl (C=O) groups is 1. The van der Waals surface area contributed by atoms with Crippen LogP contribution in [0.25, 0.3) is 0 Å². The predicted molar refractivity (Wildman–Crippen MR) is 122 cm³/mol. The SMILES string of the molecule is CCCCN(C(=O)CSc1nccn1C)c1c(N)n(Cc2ccccc2)c(=O)[nH]c1=O. The van der Waals surface area contributed by atoms with Gasteiger partial charge in [0.15, 0.2) is 10.8 Å². The van der Waals surface area contributed by atoms with E-state index in [9.17, 15) is 14.4 Å². The minimum absolute atomic E-state index is 0.00872. The van der Waals surface area contributed by atoms with Crippen molar-refractivity contribution in [3.63, 3.8) is 0 Å². The quantitative estimate of drug-likeness (QED) is 0.488. The summed E-state index contributed by atoms with van der Waals surface area (Å²) >= 11 is 1.28. The van der Waals surface area contributed by atoms with Gasteiger partial charge in [0.1, 0.15) is 5.82 Å². The number of aromatic amines is 1. The summed E-state index contributed by atoms with van der Waals surface area (Å²) in [5, 5.41) is 0.694. The number of nitrogens with one attached hydrogen (secondary N) is 1. The third-order valence-corrected chi connectivity index (χ3v) is 5.85. The first-order chi connectivity index (χ1) is 14.9. The van der Waals surface area contributed by atoms with E-state index >= 15 is 0 Å². The highest BCUT2D eigenvalue weighted by molar-refractivity contribution is 7.99. The van der Waals surface area contributed by atoms with Crippen molar-refractivity contribution in [3.8, 4) is 0 Å². The van der Waals surface area contributed by atoms with Crippen LogP contribution in [0, 0.1) is 0 Å². The largest absolute Gasteiger partial charge is 0.383 e. The molecule has 3 N–H and O–H groups in total. The molecule has 0 saturated heterocycles. The van der Waals surface area contributed by atoms with Gasteiger partial charge >= 0.3 is 5.69 Å². The normalized spacial score (nSPS) is 10.9. The number of H-pyrrole nitrogens is 1. The number of nitrogen functional groups attached to an aromatic ring is 1. The number of rotatable bonds is 9. The molecule has 3 aromatic rings. The maximum absolute atomic E-state index is 13.1. The second kappa shape index (κ2) is 10.2. The lowest BCUT2D eigenvalue weighted by Crippen LogP contribution is -2.42. The third-order valence-electron chi connectivity index (χ3n) is 4.81. The summed E-state index contributed by atoms with van der Waals surface area (Å²) in [5.74, 6) is -0.210. The van der Waals surface area contributed by atoms with Crippen molar-refractivity contribution in [3.05, 3.63) is 69.1 Å². The lowest BCUT2D eigenvalue weighted by molar-refractivity contribution is -0.116. The summed E-state index contributed by atoms with van der Waals surface area (Å²) < 4.78 is 3.10. The summed E-state index contributed by atoms with van der Waals surface area (Å²) in [6, 6.07) is 9.31. The maximum Gasteiger partial charge on any atom is 0.330 e. The number of thioether (sulfide) groups is 1. The predicted octanol–water partition coefficient (Wildman–Crippen LogP) is 1.83. The molecule has 10 heteroatoms. The summed E-state index contributed by atoms with van der Waals surface area (Å²) in [5.41, 5.74) is 5.87. The number of nitrogens with two attached hydrogens (primary N) is 1. The smallest absolute Gasteiger partial charge is 0.330 e. The fraction of sp³-hybridized carbons (Fsp3) is 0.333. The number of aromatic nitrogens is 4. The van der Waals surface area contributed by atoms with Crippen LogP contribution < -0.4 is 21.9 Å². The topological polar surface area (TPSA) is 119 Å². The highest BCUT2D eigenvalue weighted by Gasteiger charge is 2.24. The zero-order chi connectivity index (χ0) is 22.4. The number of anilines is 2. The first kappa shape index (κ1) is 22.4. The van der Waals surface area contributed by atoms with Gasteiger partial charge in [0.2, 0.25) is 5.91 Å². The molecule has 31 heavy (non-hydrogen) atoms. The zero-order valence-electron chi connectivity index (χ0n) is 17.6. The van der Waals surface area contributed by atoms with Gasteiger partial charge in [0.25, 0.3) is 5.56 Å². The molecule has 0 spiro atoms. The second-order valence-corrected chi connectivity index (χ2v) is 8.02. The molecule has 3 rings (SSSR count). The van der Waals surface area contributed by atoms with Gasteiger partial charge in [-0.1, -0.05) is 55.4 Å². The van der Waals surface area contributed by atoms with Gasteiger partial charge in [-0.2, -0.15) is 0 Å². The van der Waals surface area contributed by atoms with Gasteiger partial charge in [-0.05, 0) is 12.0 Å². The molecule has 164 valence electrons. The van der Waals surface area contributed by atoms with E-state index < -0.39 is 11.2 Å². The van der Waals surface area contributed by atoms with Crippen LogP contribution in [-0.4, -0.2) is 37.3 Å². The minimum Gasteiger partial charge on any atom is -0.383 e. The lowest BCUT2D eigenvalue weighted by Gasteiger charge is -2.24. The molecule has 2 aromatic heterocycles. The number of unbranched alkanes of at least 4 members (excludes halogenated alkanes) is 1. The van der Waals surface area contributed by atoms with Gasteiger partial charge in [-0.25, -0.2) is 9.78 Å². The molecule has 0 bridgehead atoms. The summed E-state index contributed by atoms with van der Waals surface area (Å²) in [6.07, 6.45) is 4.97. The summed E-state index contributed by atoms with van der Waals surface area (Å²) in [6.45, 7) is 2.51. The van der Waals surface area contributed by atoms with Gasteiger partial charge in [-0.3, -0.25) is 19.1 Å². The number of nitrogens with zero attached hydrogens (tertiary/aromatic N) is 4. The van der Waals surface area contributed by atoms with Gasteiger partial charge in [-0.15, -0.1) is 0 Å². The Morgan fingerprint density at radius 1 is 1.26 bits per heavy atom. The van der Waals surface area contributed by atoms with E-state index in [4.69, 9.17) is 5.73 Å².